The van der Waals surface area contributed by atoms with Gasteiger partial charge in [0.05, 0.1) is 5.69 Å². The molecule has 0 aliphatic carbocycles. The molecule has 0 saturated carbocycles. The molecule has 0 atom stereocenters. The fourth-order valence-electron chi connectivity index (χ4n) is 3.55. The summed E-state index contributed by atoms with van der Waals surface area (Å²) in [5, 5.41) is 2.58. The molecule has 1 aromatic heterocycles. The molecule has 1 aliphatic rings. The Morgan fingerprint density at radius 2 is 1.53 bits per heavy atom. The van der Waals surface area contributed by atoms with Crippen molar-refractivity contribution in [1.29, 1.82) is 0 Å². The summed E-state index contributed by atoms with van der Waals surface area (Å²) in [6, 6.07) is 9.99. The number of carbonyl (C=O) groups is 1. The molecule has 7 nitrogen and oxygen atoms in total. The Kier molecular flexibility index (Phi) is 4.94. The largest absolute Gasteiger partial charge is 0.360 e. The third-order valence-corrected chi connectivity index (χ3v) is 4.97. The van der Waals surface area contributed by atoms with Crippen LogP contribution in [0.3, 0.4) is 0 Å². The van der Waals surface area contributed by atoms with E-state index in [1.54, 1.807) is 11.9 Å². The molecule has 9 heteroatoms. The number of fused-ring (bicyclic) bond motifs is 1. The van der Waals surface area contributed by atoms with Crippen molar-refractivity contribution in [3.8, 4) is 5.69 Å². The van der Waals surface area contributed by atoms with E-state index in [2.05, 4.69) is 5.32 Å². The zero-order chi connectivity index (χ0) is 21.4. The molecule has 30 heavy (non-hydrogen) atoms. The first-order valence-corrected chi connectivity index (χ1v) is 9.30. The minimum Gasteiger partial charge on any atom is -0.360 e. The van der Waals surface area contributed by atoms with E-state index in [1.165, 1.54) is 41.0 Å². The van der Waals surface area contributed by atoms with Gasteiger partial charge in [-0.1, -0.05) is 0 Å². The predicted octanol–water partition coefficient (Wildman–Crippen LogP) is 2.37. The molecule has 0 radical (unpaired) electrons. The van der Waals surface area contributed by atoms with Gasteiger partial charge >= 0.3 is 5.69 Å². The van der Waals surface area contributed by atoms with Gasteiger partial charge in [-0.25, -0.2) is 18.1 Å². The zero-order valence-electron chi connectivity index (χ0n) is 16.1. The number of carbonyl (C=O) groups excluding carboxylic acids is 1. The molecule has 3 aromatic rings. The van der Waals surface area contributed by atoms with Crippen LogP contribution in [0.2, 0.25) is 0 Å². The minimum atomic E-state index is -0.814. The first-order valence-electron chi connectivity index (χ1n) is 9.30. The summed E-state index contributed by atoms with van der Waals surface area (Å²) < 4.78 is 28.7. The van der Waals surface area contributed by atoms with E-state index >= 15 is 0 Å². The van der Waals surface area contributed by atoms with Crippen molar-refractivity contribution in [2.45, 2.75) is 13.0 Å². The molecular weight excluding hydrogens is 394 g/mol. The third kappa shape index (κ3) is 3.38. The summed E-state index contributed by atoms with van der Waals surface area (Å²) >= 11 is 0. The average Bonchev–Trinajstić information content (AvgIpc) is 2.72. The highest BCUT2D eigenvalue weighted by molar-refractivity contribution is 6.07. The van der Waals surface area contributed by atoms with Crippen molar-refractivity contribution in [3.05, 3.63) is 86.6 Å². The molecule has 0 spiro atoms. The molecule has 1 aliphatic heterocycles. The molecule has 4 rings (SSSR count). The van der Waals surface area contributed by atoms with Crippen LogP contribution >= 0.6 is 0 Å². The lowest BCUT2D eigenvalue weighted by molar-refractivity contribution is 0.102. The Bertz CT molecular complexity index is 1230. The topological polar surface area (TPSA) is 76.3 Å². The van der Waals surface area contributed by atoms with E-state index in [0.717, 1.165) is 16.7 Å². The van der Waals surface area contributed by atoms with E-state index < -0.39 is 28.8 Å². The number of benzene rings is 2. The quantitative estimate of drug-likeness (QED) is 0.717. The number of nitrogens with zero attached hydrogens (tertiary/aromatic N) is 3. The molecule has 0 fully saturated rings. The predicted molar refractivity (Wildman–Crippen MR) is 108 cm³/mol. The second-order valence-electron chi connectivity index (χ2n) is 6.99. The van der Waals surface area contributed by atoms with Crippen LogP contribution in [0.1, 0.15) is 16.8 Å². The summed E-state index contributed by atoms with van der Waals surface area (Å²) in [6.45, 7) is 0.896. The number of halogens is 2. The average molecular weight is 412 g/mol. The number of hydrogen-bond acceptors (Lipinski definition) is 4. The van der Waals surface area contributed by atoms with Gasteiger partial charge in [0.1, 0.15) is 23.0 Å². The van der Waals surface area contributed by atoms with Crippen molar-refractivity contribution in [2.24, 2.45) is 0 Å². The Balaban J connectivity index is 1.92. The highest BCUT2D eigenvalue weighted by atomic mass is 19.1. The number of amides is 1. The van der Waals surface area contributed by atoms with Gasteiger partial charge < -0.3 is 10.2 Å². The molecule has 2 heterocycles. The second-order valence-corrected chi connectivity index (χ2v) is 6.99. The van der Waals surface area contributed by atoms with Crippen LogP contribution in [0.5, 0.6) is 0 Å². The van der Waals surface area contributed by atoms with Gasteiger partial charge in [-0.15, -0.1) is 0 Å². The molecule has 154 valence electrons. The first kappa shape index (κ1) is 19.6. The van der Waals surface area contributed by atoms with E-state index in [-0.39, 0.29) is 17.1 Å². The van der Waals surface area contributed by atoms with Crippen molar-refractivity contribution in [2.75, 3.05) is 23.8 Å². The van der Waals surface area contributed by atoms with Crippen LogP contribution in [0.25, 0.3) is 5.69 Å². The van der Waals surface area contributed by atoms with Crippen LogP contribution in [0.4, 0.5) is 20.3 Å². The summed E-state index contributed by atoms with van der Waals surface area (Å²) in [4.78, 5) is 41.1. The summed E-state index contributed by atoms with van der Waals surface area (Å²) in [5.74, 6) is -1.48. The van der Waals surface area contributed by atoms with Gasteiger partial charge in [-0.2, -0.15) is 0 Å². The maximum absolute atomic E-state index is 13.3. The number of hydrogen-bond donors (Lipinski definition) is 1. The van der Waals surface area contributed by atoms with Crippen LogP contribution < -0.4 is 21.5 Å². The van der Waals surface area contributed by atoms with Crippen molar-refractivity contribution in [3.63, 3.8) is 0 Å². The van der Waals surface area contributed by atoms with Gasteiger partial charge in [0.2, 0.25) is 0 Å². The van der Waals surface area contributed by atoms with E-state index in [1.807, 2.05) is 0 Å². The minimum absolute atomic E-state index is 0.158. The van der Waals surface area contributed by atoms with Crippen LogP contribution in [-0.4, -0.2) is 28.6 Å². The second kappa shape index (κ2) is 7.58. The highest BCUT2D eigenvalue weighted by Crippen LogP contribution is 2.22. The van der Waals surface area contributed by atoms with Gasteiger partial charge in [0, 0.05) is 25.8 Å². The molecular formula is C21H18F2N4O3. The Morgan fingerprint density at radius 3 is 2.17 bits per heavy atom. The summed E-state index contributed by atoms with van der Waals surface area (Å²) in [6.07, 6.45) is 0.657. The Labute approximate surface area is 169 Å². The third-order valence-electron chi connectivity index (χ3n) is 4.97. The zero-order valence-corrected chi connectivity index (χ0v) is 16.1. The summed E-state index contributed by atoms with van der Waals surface area (Å²) in [7, 11) is 1.70. The van der Waals surface area contributed by atoms with Gasteiger partial charge in [-0.3, -0.25) is 14.2 Å². The Hall–Kier alpha value is -3.75. The van der Waals surface area contributed by atoms with Crippen molar-refractivity contribution >= 4 is 17.4 Å². The standard InChI is InChI=1S/C21H18F2N4O3/c1-25-11-2-12-26-19(25)17(18(28)24-15-7-3-13(22)4-8-15)20(29)27(21(26)30)16-9-5-14(23)6-10-16/h3-10H,2,11-12H2,1H3,(H,24,28). The van der Waals surface area contributed by atoms with E-state index in [0.29, 0.717) is 25.2 Å². The van der Waals surface area contributed by atoms with Crippen LogP contribution in [-0.2, 0) is 6.54 Å². The molecule has 0 unspecified atom stereocenters. The lowest BCUT2D eigenvalue weighted by Crippen LogP contribution is -2.48. The highest BCUT2D eigenvalue weighted by Gasteiger charge is 2.29. The fourth-order valence-corrected chi connectivity index (χ4v) is 3.55. The molecule has 0 bridgehead atoms. The number of rotatable bonds is 3. The maximum Gasteiger partial charge on any atom is 0.337 e. The fraction of sp³-hybridized carbons (Fsp3) is 0.190. The lowest BCUT2D eigenvalue weighted by atomic mass is 10.2. The van der Waals surface area contributed by atoms with E-state index in [9.17, 15) is 23.2 Å². The smallest absolute Gasteiger partial charge is 0.337 e. The normalized spacial score (nSPS) is 13.1. The van der Waals surface area contributed by atoms with Gasteiger partial charge in [-0.05, 0) is 55.0 Å². The molecule has 1 amide bonds. The van der Waals surface area contributed by atoms with E-state index in [4.69, 9.17) is 0 Å². The molecule has 0 saturated heterocycles. The van der Waals surface area contributed by atoms with Gasteiger partial charge in [0.25, 0.3) is 11.5 Å². The summed E-state index contributed by atoms with van der Waals surface area (Å²) in [5.41, 5.74) is -1.17. The molecule has 2 aromatic carbocycles. The number of nitrogens with one attached hydrogen (secondary N) is 1. The van der Waals surface area contributed by atoms with Gasteiger partial charge in [0.15, 0.2) is 0 Å². The lowest BCUT2D eigenvalue weighted by Gasteiger charge is -2.30. The van der Waals surface area contributed by atoms with Crippen molar-refractivity contribution in [1.82, 2.24) is 9.13 Å². The van der Waals surface area contributed by atoms with Crippen LogP contribution in [0, 0.1) is 11.6 Å². The Morgan fingerprint density at radius 1 is 0.933 bits per heavy atom. The monoisotopic (exact) mass is 412 g/mol. The van der Waals surface area contributed by atoms with Crippen molar-refractivity contribution < 1.29 is 13.6 Å². The number of anilines is 2. The first-order chi connectivity index (χ1) is 14.4. The maximum atomic E-state index is 13.3. The SMILES string of the molecule is CN1CCCn2c1c(C(=O)Nc1ccc(F)cc1)c(=O)n(-c1ccc(F)cc1)c2=O. The van der Waals surface area contributed by atoms with Crippen LogP contribution in [0.15, 0.2) is 58.1 Å². The molecule has 1 N–H and O–H groups in total. The number of aromatic nitrogens is 2.